The Labute approximate surface area is 200 Å². The topological polar surface area (TPSA) is 90.5 Å². The van der Waals surface area contributed by atoms with Crippen molar-refractivity contribution in [3.05, 3.63) is 89.5 Å². The van der Waals surface area contributed by atoms with Crippen molar-refractivity contribution in [3.63, 3.8) is 0 Å². The second-order valence-electron chi connectivity index (χ2n) is 7.86. The van der Waals surface area contributed by atoms with E-state index < -0.39 is 0 Å². The van der Waals surface area contributed by atoms with Gasteiger partial charge in [0.1, 0.15) is 0 Å². The van der Waals surface area contributed by atoms with Crippen molar-refractivity contribution in [1.82, 2.24) is 4.90 Å². The summed E-state index contributed by atoms with van der Waals surface area (Å²) in [6.45, 7) is 7.16. The summed E-state index contributed by atoms with van der Waals surface area (Å²) in [6.07, 6.45) is 0. The largest absolute Gasteiger partial charge is 0.376 e. The van der Waals surface area contributed by atoms with Gasteiger partial charge in [0.15, 0.2) is 0 Å². The van der Waals surface area contributed by atoms with E-state index in [1.165, 1.54) is 0 Å². The van der Waals surface area contributed by atoms with Gasteiger partial charge in [-0.25, -0.2) is 0 Å². The average Bonchev–Trinajstić information content (AvgIpc) is 2.85. The number of amides is 3. The van der Waals surface area contributed by atoms with E-state index in [0.717, 1.165) is 5.56 Å². The van der Waals surface area contributed by atoms with Gasteiger partial charge >= 0.3 is 0 Å². The fraction of sp³-hybridized carbons (Fsp3) is 0.222. The lowest BCUT2D eigenvalue weighted by Gasteiger charge is -2.19. The zero-order valence-corrected chi connectivity index (χ0v) is 19.7. The monoisotopic (exact) mass is 458 g/mol. The van der Waals surface area contributed by atoms with Gasteiger partial charge in [0.05, 0.1) is 6.54 Å². The minimum absolute atomic E-state index is 0.0346. The van der Waals surface area contributed by atoms with Crippen LogP contribution in [0.2, 0.25) is 0 Å². The molecule has 3 aromatic rings. The van der Waals surface area contributed by atoms with Gasteiger partial charge in [-0.15, -0.1) is 0 Å². The number of rotatable bonds is 9. The SMILES string of the molecule is CCN(CC)C(=O)c1cccc(NCC(=O)Nc2ccc(NC(=O)c3cccc(C)c3)cc2)c1. The molecule has 34 heavy (non-hydrogen) atoms. The van der Waals surface area contributed by atoms with Gasteiger partial charge in [0.2, 0.25) is 5.91 Å². The molecular formula is C27H30N4O3. The number of carbonyl (C=O) groups is 3. The lowest BCUT2D eigenvalue weighted by Crippen LogP contribution is -2.30. The number of nitrogens with one attached hydrogen (secondary N) is 3. The molecule has 0 atom stereocenters. The Bertz CT molecular complexity index is 1150. The molecule has 0 heterocycles. The van der Waals surface area contributed by atoms with Crippen LogP contribution in [0.25, 0.3) is 0 Å². The molecule has 0 fully saturated rings. The molecule has 0 aliphatic carbocycles. The van der Waals surface area contributed by atoms with E-state index in [0.29, 0.717) is 41.3 Å². The second kappa shape index (κ2) is 11.7. The van der Waals surface area contributed by atoms with Crippen molar-refractivity contribution >= 4 is 34.8 Å². The maximum atomic E-state index is 12.5. The van der Waals surface area contributed by atoms with E-state index in [4.69, 9.17) is 0 Å². The van der Waals surface area contributed by atoms with Gasteiger partial charge in [-0.3, -0.25) is 14.4 Å². The lowest BCUT2D eigenvalue weighted by atomic mass is 10.1. The number of hydrogen-bond acceptors (Lipinski definition) is 4. The van der Waals surface area contributed by atoms with E-state index in [-0.39, 0.29) is 24.3 Å². The maximum Gasteiger partial charge on any atom is 0.255 e. The molecule has 7 nitrogen and oxygen atoms in total. The molecule has 0 aliphatic heterocycles. The molecule has 3 rings (SSSR count). The molecule has 3 amide bonds. The molecule has 0 saturated heterocycles. The number of anilines is 3. The van der Waals surface area contributed by atoms with Crippen LogP contribution in [0.4, 0.5) is 17.1 Å². The first-order valence-electron chi connectivity index (χ1n) is 11.3. The Balaban J connectivity index is 1.52. The number of nitrogens with zero attached hydrogens (tertiary/aromatic N) is 1. The van der Waals surface area contributed by atoms with E-state index in [1.54, 1.807) is 53.4 Å². The van der Waals surface area contributed by atoms with Crippen molar-refractivity contribution < 1.29 is 14.4 Å². The highest BCUT2D eigenvalue weighted by Gasteiger charge is 2.13. The zero-order chi connectivity index (χ0) is 24.5. The standard InChI is InChI=1S/C27H30N4O3/c1-4-31(5-2)27(34)21-10-7-11-24(17-21)28-18-25(32)29-22-12-14-23(15-13-22)30-26(33)20-9-6-8-19(3)16-20/h6-17,28H,4-5,18H2,1-3H3,(H,29,32)(H,30,33). The summed E-state index contributed by atoms with van der Waals surface area (Å²) >= 11 is 0. The Morgan fingerprint density at radius 2 is 1.35 bits per heavy atom. The predicted octanol–water partition coefficient (Wildman–Crippen LogP) is 4.78. The molecule has 3 aromatic carbocycles. The van der Waals surface area contributed by atoms with Gasteiger partial charge in [-0.05, 0) is 75.4 Å². The molecule has 176 valence electrons. The molecule has 0 aliphatic rings. The Morgan fingerprint density at radius 3 is 2.00 bits per heavy atom. The van der Waals surface area contributed by atoms with Gasteiger partial charge in [0.25, 0.3) is 11.8 Å². The van der Waals surface area contributed by atoms with Crippen LogP contribution in [0.1, 0.15) is 40.1 Å². The van der Waals surface area contributed by atoms with Crippen LogP contribution >= 0.6 is 0 Å². The van der Waals surface area contributed by atoms with E-state index >= 15 is 0 Å². The molecule has 0 radical (unpaired) electrons. The minimum atomic E-state index is -0.225. The molecule has 0 aromatic heterocycles. The molecule has 3 N–H and O–H groups in total. The van der Waals surface area contributed by atoms with Crippen LogP contribution in [-0.2, 0) is 4.79 Å². The Morgan fingerprint density at radius 1 is 0.735 bits per heavy atom. The average molecular weight is 459 g/mol. The van der Waals surface area contributed by atoms with E-state index in [9.17, 15) is 14.4 Å². The van der Waals surface area contributed by atoms with Gasteiger partial charge in [-0.1, -0.05) is 23.8 Å². The number of benzene rings is 3. The number of hydrogen-bond donors (Lipinski definition) is 3. The molecule has 0 bridgehead atoms. The van der Waals surface area contributed by atoms with Crippen molar-refractivity contribution in [2.45, 2.75) is 20.8 Å². The van der Waals surface area contributed by atoms with Crippen molar-refractivity contribution in [2.75, 3.05) is 35.6 Å². The van der Waals surface area contributed by atoms with Crippen molar-refractivity contribution in [2.24, 2.45) is 0 Å². The van der Waals surface area contributed by atoms with Crippen molar-refractivity contribution in [3.8, 4) is 0 Å². The Kier molecular flexibility index (Phi) is 8.40. The summed E-state index contributed by atoms with van der Waals surface area (Å²) in [5.41, 5.74) is 4.13. The van der Waals surface area contributed by atoms with Crippen molar-refractivity contribution in [1.29, 1.82) is 0 Å². The molecule has 0 unspecified atom stereocenters. The molecule has 0 saturated carbocycles. The highest BCUT2D eigenvalue weighted by atomic mass is 16.2. The molecular weight excluding hydrogens is 428 g/mol. The predicted molar refractivity (Wildman–Crippen MR) is 136 cm³/mol. The number of carbonyl (C=O) groups excluding carboxylic acids is 3. The fourth-order valence-electron chi connectivity index (χ4n) is 3.47. The number of aryl methyl sites for hydroxylation is 1. The zero-order valence-electron chi connectivity index (χ0n) is 19.7. The van der Waals surface area contributed by atoms with Crippen LogP contribution in [0, 0.1) is 6.92 Å². The summed E-state index contributed by atoms with van der Waals surface area (Å²) in [7, 11) is 0. The van der Waals surface area contributed by atoms with E-state index in [1.807, 2.05) is 45.0 Å². The van der Waals surface area contributed by atoms with Crippen LogP contribution in [0.15, 0.2) is 72.8 Å². The first-order chi connectivity index (χ1) is 16.4. The maximum absolute atomic E-state index is 12.5. The third kappa shape index (κ3) is 6.68. The summed E-state index contributed by atoms with van der Waals surface area (Å²) < 4.78 is 0. The van der Waals surface area contributed by atoms with Gasteiger partial charge in [0, 0.05) is 41.3 Å². The molecule has 0 spiro atoms. The van der Waals surface area contributed by atoms with Crippen LogP contribution in [0.5, 0.6) is 0 Å². The summed E-state index contributed by atoms with van der Waals surface area (Å²) in [6, 6.07) is 21.4. The summed E-state index contributed by atoms with van der Waals surface area (Å²) in [4.78, 5) is 39.0. The lowest BCUT2D eigenvalue weighted by molar-refractivity contribution is -0.114. The first-order valence-corrected chi connectivity index (χ1v) is 11.3. The van der Waals surface area contributed by atoms with Crippen LogP contribution in [0.3, 0.4) is 0 Å². The quantitative estimate of drug-likeness (QED) is 0.430. The van der Waals surface area contributed by atoms with E-state index in [2.05, 4.69) is 16.0 Å². The highest BCUT2D eigenvalue weighted by Crippen LogP contribution is 2.16. The minimum Gasteiger partial charge on any atom is -0.376 e. The third-order valence-corrected chi connectivity index (χ3v) is 5.32. The second-order valence-corrected chi connectivity index (χ2v) is 7.86. The van der Waals surface area contributed by atoms with Crippen LogP contribution < -0.4 is 16.0 Å². The third-order valence-electron chi connectivity index (χ3n) is 5.32. The molecule has 7 heteroatoms. The fourth-order valence-corrected chi connectivity index (χ4v) is 3.47. The summed E-state index contributed by atoms with van der Waals surface area (Å²) in [5.74, 6) is -0.448. The van der Waals surface area contributed by atoms with Gasteiger partial charge in [-0.2, -0.15) is 0 Å². The van der Waals surface area contributed by atoms with Crippen LogP contribution in [-0.4, -0.2) is 42.3 Å². The normalized spacial score (nSPS) is 10.3. The first kappa shape index (κ1) is 24.5. The Hall–Kier alpha value is -4.13. The van der Waals surface area contributed by atoms with Gasteiger partial charge < -0.3 is 20.9 Å². The highest BCUT2D eigenvalue weighted by molar-refractivity contribution is 6.04. The summed E-state index contributed by atoms with van der Waals surface area (Å²) in [5, 5.41) is 8.72. The smallest absolute Gasteiger partial charge is 0.255 e.